The lowest BCUT2D eigenvalue weighted by molar-refractivity contribution is -0.0403. The molecule has 1 fully saturated rings. The molecule has 1 aliphatic rings. The second-order valence-electron chi connectivity index (χ2n) is 6.97. The largest absolute Gasteiger partial charge is 0.483 e. The summed E-state index contributed by atoms with van der Waals surface area (Å²) < 4.78 is 55.2. The Bertz CT molecular complexity index is 1030. The molecular weight excluding hydrogens is 411 g/mol. The van der Waals surface area contributed by atoms with Crippen LogP contribution in [0.15, 0.2) is 63.9 Å². The fourth-order valence-electron chi connectivity index (χ4n) is 3.59. The Kier molecular flexibility index (Phi) is 6.74. The molecule has 8 heteroatoms. The van der Waals surface area contributed by atoms with Crippen molar-refractivity contribution in [2.45, 2.75) is 29.9 Å². The van der Waals surface area contributed by atoms with Crippen molar-refractivity contribution in [3.8, 4) is 11.8 Å². The second kappa shape index (κ2) is 9.11. The monoisotopic (exact) mass is 435 g/mol. The summed E-state index contributed by atoms with van der Waals surface area (Å²) in [6.07, 6.45) is 0. The zero-order valence-corrected chi connectivity index (χ0v) is 17.7. The van der Waals surface area contributed by atoms with Crippen LogP contribution in [-0.4, -0.2) is 47.3 Å². The molecule has 160 valence electrons. The summed E-state index contributed by atoms with van der Waals surface area (Å²) in [5.41, 5.74) is -2.93. The van der Waals surface area contributed by atoms with Gasteiger partial charge in [0.2, 0.25) is 0 Å². The second-order valence-corrected chi connectivity index (χ2v) is 9.32. The number of anilines is 1. The Hall–Kier alpha value is -2.50. The third-order valence-corrected chi connectivity index (χ3v) is 7.14. The van der Waals surface area contributed by atoms with E-state index in [4.69, 9.17) is 0 Å². The van der Waals surface area contributed by atoms with Crippen LogP contribution in [0.25, 0.3) is 0 Å². The van der Waals surface area contributed by atoms with Gasteiger partial charge >= 0.3 is 5.51 Å². The standard InChI is InChI=1S/C22H24F3N3OS/c1-3-7-20-17-27(16-18-8-5-4-6-9-18)14-15-28(20)19-10-12-21(13-11-19)30(29,26-2)22(23,24)25/h4-6,8-13,20H,14-17H2,1-2H3/t20-,30?/m0/s1. The Balaban J connectivity index is 1.80. The van der Waals surface area contributed by atoms with E-state index < -0.39 is 15.2 Å². The van der Waals surface area contributed by atoms with Gasteiger partial charge in [0.05, 0.1) is 4.90 Å². The molecule has 2 aromatic carbocycles. The van der Waals surface area contributed by atoms with Gasteiger partial charge in [-0.2, -0.15) is 13.2 Å². The molecule has 1 unspecified atom stereocenters. The van der Waals surface area contributed by atoms with Crippen LogP contribution in [0.2, 0.25) is 0 Å². The predicted octanol–water partition coefficient (Wildman–Crippen LogP) is 4.38. The van der Waals surface area contributed by atoms with Crippen molar-refractivity contribution in [2.24, 2.45) is 4.36 Å². The van der Waals surface area contributed by atoms with E-state index in [-0.39, 0.29) is 10.9 Å². The molecule has 0 aliphatic carbocycles. The minimum Gasteiger partial charge on any atom is -0.355 e. The molecule has 0 saturated carbocycles. The lowest BCUT2D eigenvalue weighted by atomic mass is 10.1. The molecule has 3 rings (SSSR count). The molecule has 0 N–H and O–H groups in total. The van der Waals surface area contributed by atoms with E-state index in [2.05, 4.69) is 38.1 Å². The molecule has 1 heterocycles. The summed E-state index contributed by atoms with van der Waals surface area (Å²) in [6, 6.07) is 15.8. The molecule has 2 atom stereocenters. The summed E-state index contributed by atoms with van der Waals surface area (Å²) in [5, 5.41) is 0. The van der Waals surface area contributed by atoms with E-state index in [9.17, 15) is 17.4 Å². The smallest absolute Gasteiger partial charge is 0.355 e. The molecule has 0 radical (unpaired) electrons. The Morgan fingerprint density at radius 3 is 2.33 bits per heavy atom. The molecule has 4 nitrogen and oxygen atoms in total. The van der Waals surface area contributed by atoms with E-state index in [1.165, 1.54) is 17.7 Å². The van der Waals surface area contributed by atoms with Crippen molar-refractivity contribution >= 4 is 15.4 Å². The van der Waals surface area contributed by atoms with Gasteiger partial charge < -0.3 is 4.90 Å². The number of rotatable bonds is 4. The summed E-state index contributed by atoms with van der Waals surface area (Å²) in [7, 11) is -3.53. The van der Waals surface area contributed by atoms with Crippen LogP contribution in [0.4, 0.5) is 18.9 Å². The van der Waals surface area contributed by atoms with Gasteiger partial charge in [-0.25, -0.2) is 8.57 Å². The first-order valence-electron chi connectivity index (χ1n) is 9.55. The Labute approximate surface area is 175 Å². The number of piperazine rings is 1. The van der Waals surface area contributed by atoms with Gasteiger partial charge in [-0.3, -0.25) is 4.90 Å². The molecule has 1 aliphatic heterocycles. The maximum Gasteiger partial charge on any atom is 0.483 e. The number of hydrogen-bond acceptors (Lipinski definition) is 4. The lowest BCUT2D eigenvalue weighted by Crippen LogP contribution is -2.52. The molecule has 0 bridgehead atoms. The van der Waals surface area contributed by atoms with Crippen molar-refractivity contribution in [2.75, 3.05) is 31.6 Å². The number of benzene rings is 2. The maximum absolute atomic E-state index is 13.2. The molecule has 0 aromatic heterocycles. The first-order chi connectivity index (χ1) is 14.3. The zero-order chi connectivity index (χ0) is 21.8. The Morgan fingerprint density at radius 1 is 1.10 bits per heavy atom. The lowest BCUT2D eigenvalue weighted by Gasteiger charge is -2.40. The third-order valence-electron chi connectivity index (χ3n) is 5.08. The van der Waals surface area contributed by atoms with Gasteiger partial charge in [-0.15, -0.1) is 5.92 Å². The molecule has 2 aromatic rings. The van der Waals surface area contributed by atoms with Gasteiger partial charge in [-0.1, -0.05) is 36.3 Å². The molecular formula is C22H24F3N3OS. The summed E-state index contributed by atoms with van der Waals surface area (Å²) >= 11 is 0. The van der Waals surface area contributed by atoms with Crippen molar-refractivity contribution in [3.05, 3.63) is 60.2 Å². The SMILES string of the molecule is CC#C[C@H]1CN(Cc2ccccc2)CCN1c1ccc(S(=O)(=NC)C(F)(F)F)cc1. The fraction of sp³-hybridized carbons (Fsp3) is 0.364. The minimum absolute atomic E-state index is 0.0823. The highest BCUT2D eigenvalue weighted by Gasteiger charge is 2.44. The van der Waals surface area contributed by atoms with Crippen LogP contribution in [0, 0.1) is 11.8 Å². The quantitative estimate of drug-likeness (QED) is 0.669. The van der Waals surface area contributed by atoms with Crippen LogP contribution in [0.3, 0.4) is 0 Å². The summed E-state index contributed by atoms with van der Waals surface area (Å²) in [6.45, 7) is 4.82. The molecule has 0 amide bonds. The number of halogens is 3. The summed E-state index contributed by atoms with van der Waals surface area (Å²) in [5.74, 6) is 6.17. The van der Waals surface area contributed by atoms with Crippen molar-refractivity contribution in [3.63, 3.8) is 0 Å². The third kappa shape index (κ3) is 4.63. The fourth-order valence-corrected chi connectivity index (χ4v) is 4.78. The topological polar surface area (TPSA) is 35.9 Å². The Morgan fingerprint density at radius 2 is 1.77 bits per heavy atom. The predicted molar refractivity (Wildman–Crippen MR) is 114 cm³/mol. The first kappa shape index (κ1) is 22.2. The average Bonchev–Trinajstić information content (AvgIpc) is 2.74. The summed E-state index contributed by atoms with van der Waals surface area (Å²) in [4.78, 5) is 4.07. The first-order valence-corrected chi connectivity index (χ1v) is 11.1. The normalized spacial score (nSPS) is 19.5. The highest BCUT2D eigenvalue weighted by Crippen LogP contribution is 2.33. The van der Waals surface area contributed by atoms with Gasteiger partial charge in [0.25, 0.3) is 0 Å². The highest BCUT2D eigenvalue weighted by molar-refractivity contribution is 7.94. The van der Waals surface area contributed by atoms with Gasteiger partial charge in [0.1, 0.15) is 6.04 Å². The van der Waals surface area contributed by atoms with Crippen molar-refractivity contribution in [1.82, 2.24) is 4.90 Å². The van der Waals surface area contributed by atoms with E-state index in [0.717, 1.165) is 32.4 Å². The van der Waals surface area contributed by atoms with E-state index in [0.29, 0.717) is 6.54 Å². The van der Waals surface area contributed by atoms with Crippen molar-refractivity contribution in [1.29, 1.82) is 0 Å². The zero-order valence-electron chi connectivity index (χ0n) is 16.9. The van der Waals surface area contributed by atoms with E-state index in [1.807, 2.05) is 18.2 Å². The molecule has 1 saturated heterocycles. The van der Waals surface area contributed by atoms with Crippen LogP contribution < -0.4 is 4.90 Å². The number of hydrogen-bond donors (Lipinski definition) is 0. The molecule has 0 spiro atoms. The van der Waals surface area contributed by atoms with Crippen LogP contribution in [0.5, 0.6) is 0 Å². The maximum atomic E-state index is 13.2. The van der Waals surface area contributed by atoms with Gasteiger partial charge in [0, 0.05) is 38.9 Å². The highest BCUT2D eigenvalue weighted by atomic mass is 32.2. The molecule has 30 heavy (non-hydrogen) atoms. The van der Waals surface area contributed by atoms with Crippen LogP contribution >= 0.6 is 0 Å². The van der Waals surface area contributed by atoms with E-state index >= 15 is 0 Å². The van der Waals surface area contributed by atoms with Crippen molar-refractivity contribution < 1.29 is 17.4 Å². The number of alkyl halides is 3. The van der Waals surface area contributed by atoms with E-state index in [1.54, 1.807) is 19.1 Å². The van der Waals surface area contributed by atoms with Gasteiger partial charge in [-0.05, 0) is 36.8 Å². The average molecular weight is 436 g/mol. The number of nitrogens with zero attached hydrogens (tertiary/aromatic N) is 3. The van der Waals surface area contributed by atoms with Gasteiger partial charge in [0.15, 0.2) is 9.73 Å². The minimum atomic E-state index is -4.91. The van der Waals surface area contributed by atoms with Crippen LogP contribution in [0.1, 0.15) is 12.5 Å². The van der Waals surface area contributed by atoms with Crippen LogP contribution in [-0.2, 0) is 16.3 Å².